The van der Waals surface area contributed by atoms with Crippen molar-refractivity contribution >= 4 is 23.4 Å². The lowest BCUT2D eigenvalue weighted by atomic mass is 10.1. The van der Waals surface area contributed by atoms with Gasteiger partial charge in [0.1, 0.15) is 5.75 Å². The second-order valence-electron chi connectivity index (χ2n) is 4.40. The number of methoxy groups -OCH3 is 1. The average molecular weight is 308 g/mol. The molecule has 2 aromatic rings. The first-order valence-corrected chi connectivity index (χ1v) is 7.86. The van der Waals surface area contributed by atoms with Gasteiger partial charge in [-0.05, 0) is 29.3 Å². The third-order valence-electron chi connectivity index (χ3n) is 3.08. The topological polar surface area (TPSA) is 35.2 Å². The fourth-order valence-corrected chi connectivity index (χ4v) is 3.34. The minimum atomic E-state index is 0.237. The molecule has 0 aliphatic carbocycles. The molecule has 4 heteroatoms. The molecular weight excluding hydrogens is 290 g/mol. The summed E-state index contributed by atoms with van der Waals surface area (Å²) in [6.45, 7) is 0.586. The lowest BCUT2D eigenvalue weighted by Gasteiger charge is -2.16. The van der Waals surface area contributed by atoms with Crippen LogP contribution in [0.4, 0.5) is 0 Å². The maximum atomic E-state index is 6.18. The van der Waals surface area contributed by atoms with Crippen molar-refractivity contribution in [3.63, 3.8) is 0 Å². The summed E-state index contributed by atoms with van der Waals surface area (Å²) in [6, 6.07) is 16.0. The van der Waals surface area contributed by atoms with Gasteiger partial charge in [-0.15, -0.1) is 11.8 Å². The fraction of sp³-hybridized carbons (Fsp3) is 0.250. The van der Waals surface area contributed by atoms with Crippen molar-refractivity contribution in [1.82, 2.24) is 0 Å². The predicted molar refractivity (Wildman–Crippen MR) is 87.5 cm³/mol. The molecule has 0 saturated heterocycles. The summed E-state index contributed by atoms with van der Waals surface area (Å²) < 4.78 is 5.26. The van der Waals surface area contributed by atoms with Gasteiger partial charge in [-0.2, -0.15) is 0 Å². The number of benzene rings is 2. The molecule has 0 saturated carbocycles. The molecule has 2 N–H and O–H groups in total. The van der Waals surface area contributed by atoms with Gasteiger partial charge in [-0.3, -0.25) is 0 Å². The monoisotopic (exact) mass is 307 g/mol. The Morgan fingerprint density at radius 3 is 2.70 bits per heavy atom. The van der Waals surface area contributed by atoms with Gasteiger partial charge in [0.25, 0.3) is 0 Å². The van der Waals surface area contributed by atoms with Crippen molar-refractivity contribution in [2.45, 2.75) is 11.0 Å². The van der Waals surface area contributed by atoms with E-state index < -0.39 is 0 Å². The summed E-state index contributed by atoms with van der Waals surface area (Å²) in [7, 11) is 1.67. The van der Waals surface area contributed by atoms with E-state index in [0.717, 1.165) is 22.1 Å². The van der Waals surface area contributed by atoms with Crippen LogP contribution in [-0.2, 0) is 5.75 Å². The highest BCUT2D eigenvalue weighted by atomic mass is 35.5. The first-order chi connectivity index (χ1) is 9.74. The number of hydrogen-bond donors (Lipinski definition) is 1. The smallest absolute Gasteiger partial charge is 0.119 e. The van der Waals surface area contributed by atoms with E-state index in [0.29, 0.717) is 6.54 Å². The second kappa shape index (κ2) is 7.58. The van der Waals surface area contributed by atoms with Crippen molar-refractivity contribution in [3.8, 4) is 5.75 Å². The third-order valence-corrected chi connectivity index (χ3v) is 4.79. The predicted octanol–water partition coefficient (Wildman–Crippen LogP) is 4.28. The van der Waals surface area contributed by atoms with Crippen LogP contribution in [0.5, 0.6) is 5.75 Å². The van der Waals surface area contributed by atoms with Crippen LogP contribution in [-0.4, -0.2) is 13.7 Å². The molecule has 0 amide bonds. The minimum absolute atomic E-state index is 0.237. The van der Waals surface area contributed by atoms with Crippen LogP contribution in [0.25, 0.3) is 0 Å². The van der Waals surface area contributed by atoms with Crippen LogP contribution in [0, 0.1) is 0 Å². The Labute approximate surface area is 129 Å². The zero-order valence-corrected chi connectivity index (χ0v) is 13.0. The number of rotatable bonds is 6. The summed E-state index contributed by atoms with van der Waals surface area (Å²) in [5.74, 6) is 1.71. The highest BCUT2D eigenvalue weighted by Crippen LogP contribution is 2.33. The van der Waals surface area contributed by atoms with Gasteiger partial charge < -0.3 is 10.5 Å². The summed E-state index contributed by atoms with van der Waals surface area (Å²) in [4.78, 5) is 0. The first kappa shape index (κ1) is 15.2. The van der Waals surface area contributed by atoms with Crippen molar-refractivity contribution in [3.05, 3.63) is 64.7 Å². The number of nitrogens with two attached hydrogens (primary N) is 1. The van der Waals surface area contributed by atoms with Crippen LogP contribution in [0.15, 0.2) is 48.5 Å². The Kier molecular flexibility index (Phi) is 5.77. The van der Waals surface area contributed by atoms with E-state index >= 15 is 0 Å². The van der Waals surface area contributed by atoms with Crippen molar-refractivity contribution < 1.29 is 4.74 Å². The standard InChI is InChI=1S/C16H18ClNOS/c1-19-14-7-4-6-12(9-14)16(10-18)20-11-13-5-2-3-8-15(13)17/h2-9,16H,10-11,18H2,1H3. The fourth-order valence-electron chi connectivity index (χ4n) is 1.95. The average Bonchev–Trinajstić information content (AvgIpc) is 2.50. The minimum Gasteiger partial charge on any atom is -0.497 e. The highest BCUT2D eigenvalue weighted by Gasteiger charge is 2.12. The van der Waals surface area contributed by atoms with Crippen molar-refractivity contribution in [2.24, 2.45) is 5.73 Å². The summed E-state index contributed by atoms with van der Waals surface area (Å²) >= 11 is 7.98. The van der Waals surface area contributed by atoms with Gasteiger partial charge in [0.2, 0.25) is 0 Å². The molecule has 0 aromatic heterocycles. The van der Waals surface area contributed by atoms with Crippen LogP contribution in [0.3, 0.4) is 0 Å². The number of hydrogen-bond acceptors (Lipinski definition) is 3. The van der Waals surface area contributed by atoms with E-state index in [9.17, 15) is 0 Å². The zero-order chi connectivity index (χ0) is 14.4. The van der Waals surface area contributed by atoms with Gasteiger partial charge in [0.15, 0.2) is 0 Å². The normalized spacial score (nSPS) is 12.2. The SMILES string of the molecule is COc1cccc(C(CN)SCc2ccccc2Cl)c1. The van der Waals surface area contributed by atoms with Gasteiger partial charge >= 0.3 is 0 Å². The van der Waals surface area contributed by atoms with Gasteiger partial charge in [-0.1, -0.05) is 41.9 Å². The van der Waals surface area contributed by atoms with E-state index in [-0.39, 0.29) is 5.25 Å². The van der Waals surface area contributed by atoms with Crippen molar-refractivity contribution in [1.29, 1.82) is 0 Å². The van der Waals surface area contributed by atoms with Crippen LogP contribution >= 0.6 is 23.4 Å². The zero-order valence-electron chi connectivity index (χ0n) is 11.4. The Balaban J connectivity index is 2.07. The maximum absolute atomic E-state index is 6.18. The molecule has 1 atom stereocenters. The van der Waals surface area contributed by atoms with Gasteiger partial charge in [0.05, 0.1) is 7.11 Å². The maximum Gasteiger partial charge on any atom is 0.119 e. The summed E-state index contributed by atoms with van der Waals surface area (Å²) in [5.41, 5.74) is 8.23. The molecule has 0 aliphatic heterocycles. The van der Waals surface area contributed by atoms with E-state index in [4.69, 9.17) is 22.1 Å². The lowest BCUT2D eigenvalue weighted by molar-refractivity contribution is 0.414. The largest absolute Gasteiger partial charge is 0.497 e. The molecular formula is C16H18ClNOS. The van der Waals surface area contributed by atoms with Crippen LogP contribution < -0.4 is 10.5 Å². The molecule has 20 heavy (non-hydrogen) atoms. The number of halogens is 1. The Hall–Kier alpha value is -1.16. The summed E-state index contributed by atoms with van der Waals surface area (Å²) in [6.07, 6.45) is 0. The molecule has 0 bridgehead atoms. The highest BCUT2D eigenvalue weighted by molar-refractivity contribution is 7.98. The molecule has 0 spiro atoms. The Morgan fingerprint density at radius 1 is 1.20 bits per heavy atom. The lowest BCUT2D eigenvalue weighted by Crippen LogP contribution is -2.09. The molecule has 0 radical (unpaired) electrons. The second-order valence-corrected chi connectivity index (χ2v) is 6.00. The molecule has 2 rings (SSSR count). The molecule has 106 valence electrons. The van der Waals surface area contributed by atoms with Gasteiger partial charge in [0, 0.05) is 22.6 Å². The van der Waals surface area contributed by atoms with Crippen LogP contribution in [0.2, 0.25) is 5.02 Å². The molecule has 1 unspecified atom stereocenters. The molecule has 2 nitrogen and oxygen atoms in total. The third kappa shape index (κ3) is 3.92. The van der Waals surface area contributed by atoms with E-state index in [1.807, 2.05) is 36.4 Å². The number of thioether (sulfide) groups is 1. The molecule has 2 aromatic carbocycles. The van der Waals surface area contributed by atoms with E-state index in [1.54, 1.807) is 18.9 Å². The van der Waals surface area contributed by atoms with E-state index in [1.165, 1.54) is 5.56 Å². The van der Waals surface area contributed by atoms with Crippen molar-refractivity contribution in [2.75, 3.05) is 13.7 Å². The quantitative estimate of drug-likeness (QED) is 0.865. The number of ether oxygens (including phenoxy) is 1. The van der Waals surface area contributed by atoms with E-state index in [2.05, 4.69) is 12.1 Å². The molecule has 0 fully saturated rings. The Bertz CT molecular complexity index is 562. The molecule has 0 aliphatic rings. The molecule has 0 heterocycles. The first-order valence-electron chi connectivity index (χ1n) is 6.43. The Morgan fingerprint density at radius 2 is 2.00 bits per heavy atom. The van der Waals surface area contributed by atoms with Crippen LogP contribution in [0.1, 0.15) is 16.4 Å². The summed E-state index contributed by atoms with van der Waals surface area (Å²) in [5, 5.41) is 1.04. The van der Waals surface area contributed by atoms with Gasteiger partial charge in [-0.25, -0.2) is 0 Å².